The minimum atomic E-state index is -0.448. The molecule has 0 bridgehead atoms. The summed E-state index contributed by atoms with van der Waals surface area (Å²) in [5.41, 5.74) is 2.48. The Kier molecular flexibility index (Phi) is 11.0. The molecule has 0 aliphatic heterocycles. The molecular formula is C30H34O7. The zero-order chi connectivity index (χ0) is 26.5. The van der Waals surface area contributed by atoms with E-state index >= 15 is 0 Å². The highest BCUT2D eigenvalue weighted by molar-refractivity contribution is 5.91. The predicted octanol–water partition coefficient (Wildman–Crippen LogP) is 5.96. The summed E-state index contributed by atoms with van der Waals surface area (Å²) in [5, 5.41) is 0. The third kappa shape index (κ3) is 8.95. The van der Waals surface area contributed by atoms with Crippen LogP contribution in [0.4, 0.5) is 0 Å². The van der Waals surface area contributed by atoms with Crippen LogP contribution in [0.3, 0.4) is 0 Å². The monoisotopic (exact) mass is 506 g/mol. The van der Waals surface area contributed by atoms with Gasteiger partial charge in [0.05, 0.1) is 31.3 Å². The molecule has 3 aromatic carbocycles. The lowest BCUT2D eigenvalue weighted by molar-refractivity contribution is -0.149. The summed E-state index contributed by atoms with van der Waals surface area (Å²) in [5.74, 6) is 1.16. The lowest BCUT2D eigenvalue weighted by Crippen LogP contribution is -2.18. The molecule has 7 nitrogen and oxygen atoms in total. The number of benzene rings is 3. The number of rotatable bonds is 14. The van der Waals surface area contributed by atoms with Gasteiger partial charge in [0.25, 0.3) is 0 Å². The summed E-state index contributed by atoms with van der Waals surface area (Å²) in [6.07, 6.45) is 0.753. The molecule has 0 saturated carbocycles. The molecule has 0 aromatic heterocycles. The molecule has 196 valence electrons. The van der Waals surface area contributed by atoms with Crippen LogP contribution < -0.4 is 14.2 Å². The van der Waals surface area contributed by atoms with Gasteiger partial charge in [0, 0.05) is 0 Å². The first-order valence-corrected chi connectivity index (χ1v) is 12.5. The fraction of sp³-hybridized carbons (Fsp3) is 0.333. The maximum Gasteiger partial charge on any atom is 0.343 e. The normalized spacial score (nSPS) is 11.4. The van der Waals surface area contributed by atoms with Gasteiger partial charge in [-0.1, -0.05) is 38.1 Å². The van der Waals surface area contributed by atoms with Crippen LogP contribution in [0.5, 0.6) is 17.2 Å². The van der Waals surface area contributed by atoms with E-state index in [9.17, 15) is 9.59 Å². The largest absolute Gasteiger partial charge is 0.494 e. The molecule has 0 spiro atoms. The van der Waals surface area contributed by atoms with Crippen LogP contribution in [0.25, 0.3) is 11.1 Å². The van der Waals surface area contributed by atoms with Crippen LogP contribution in [-0.2, 0) is 14.3 Å². The highest BCUT2D eigenvalue weighted by Gasteiger charge is 2.11. The van der Waals surface area contributed by atoms with Gasteiger partial charge in [-0.3, -0.25) is 4.79 Å². The van der Waals surface area contributed by atoms with Crippen molar-refractivity contribution >= 4 is 11.9 Å². The van der Waals surface area contributed by atoms with E-state index in [4.69, 9.17) is 23.7 Å². The molecule has 1 unspecified atom stereocenters. The van der Waals surface area contributed by atoms with Crippen LogP contribution in [0.15, 0.2) is 72.8 Å². The molecule has 0 aliphatic carbocycles. The van der Waals surface area contributed by atoms with Gasteiger partial charge in [0.15, 0.2) is 0 Å². The molecule has 0 fully saturated rings. The smallest absolute Gasteiger partial charge is 0.343 e. The SMILES string of the molecule is CCOc1ccc(-c2ccc(OC(=O)c3ccc(OCCOCCOC(=O)C(C)CC)cc3)cc2)cc1. The highest BCUT2D eigenvalue weighted by atomic mass is 16.6. The standard InChI is InChI=1S/C30H34O7/c1-4-22(3)29(31)36-21-19-33-18-20-35-27-14-10-25(11-15-27)30(32)37-28-16-8-24(9-17-28)23-6-12-26(13-7-23)34-5-2/h6-17,22H,4-5,18-21H2,1-3H3. The van der Waals surface area contributed by atoms with E-state index in [1.807, 2.05) is 57.2 Å². The fourth-order valence-electron chi connectivity index (χ4n) is 3.31. The Hall–Kier alpha value is -3.84. The quantitative estimate of drug-likeness (QED) is 0.152. The Labute approximate surface area is 218 Å². The number of hydrogen-bond acceptors (Lipinski definition) is 7. The zero-order valence-corrected chi connectivity index (χ0v) is 21.6. The van der Waals surface area contributed by atoms with E-state index < -0.39 is 5.97 Å². The molecule has 3 rings (SSSR count). The highest BCUT2D eigenvalue weighted by Crippen LogP contribution is 2.25. The molecule has 7 heteroatoms. The van der Waals surface area contributed by atoms with Crippen molar-refractivity contribution in [2.24, 2.45) is 5.92 Å². The van der Waals surface area contributed by atoms with Crippen molar-refractivity contribution in [2.45, 2.75) is 27.2 Å². The Morgan fingerprint density at radius 3 is 1.81 bits per heavy atom. The second-order valence-electron chi connectivity index (χ2n) is 8.33. The molecule has 0 radical (unpaired) electrons. The summed E-state index contributed by atoms with van der Waals surface area (Å²) in [6.45, 7) is 7.60. The molecule has 0 heterocycles. The summed E-state index contributed by atoms with van der Waals surface area (Å²) in [7, 11) is 0. The maximum absolute atomic E-state index is 12.5. The third-order valence-electron chi connectivity index (χ3n) is 5.64. The molecule has 1 atom stereocenters. The average molecular weight is 507 g/mol. The lowest BCUT2D eigenvalue weighted by atomic mass is 10.1. The summed E-state index contributed by atoms with van der Waals surface area (Å²) >= 11 is 0. The van der Waals surface area contributed by atoms with Crippen molar-refractivity contribution in [1.29, 1.82) is 0 Å². The van der Waals surface area contributed by atoms with E-state index in [2.05, 4.69) is 0 Å². The zero-order valence-electron chi connectivity index (χ0n) is 21.6. The summed E-state index contributed by atoms with van der Waals surface area (Å²) < 4.78 is 27.1. The van der Waals surface area contributed by atoms with E-state index in [0.717, 1.165) is 23.3 Å². The van der Waals surface area contributed by atoms with Gasteiger partial charge in [-0.05, 0) is 73.0 Å². The molecular weight excluding hydrogens is 472 g/mol. The Balaban J connectivity index is 1.39. The van der Waals surface area contributed by atoms with Crippen molar-refractivity contribution in [3.05, 3.63) is 78.4 Å². The minimum absolute atomic E-state index is 0.0981. The van der Waals surface area contributed by atoms with Crippen LogP contribution in [0, 0.1) is 5.92 Å². The molecule has 0 saturated heterocycles. The van der Waals surface area contributed by atoms with E-state index in [0.29, 0.717) is 43.5 Å². The van der Waals surface area contributed by atoms with Crippen LogP contribution in [0.2, 0.25) is 0 Å². The van der Waals surface area contributed by atoms with Crippen molar-refractivity contribution in [1.82, 2.24) is 0 Å². The van der Waals surface area contributed by atoms with Gasteiger partial charge in [-0.15, -0.1) is 0 Å². The lowest BCUT2D eigenvalue weighted by Gasteiger charge is -2.10. The number of carbonyl (C=O) groups excluding carboxylic acids is 2. The van der Waals surface area contributed by atoms with Gasteiger partial charge >= 0.3 is 11.9 Å². The summed E-state index contributed by atoms with van der Waals surface area (Å²) in [6, 6.07) is 21.9. The van der Waals surface area contributed by atoms with Crippen molar-refractivity contribution in [2.75, 3.05) is 33.0 Å². The molecule has 0 N–H and O–H groups in total. The summed E-state index contributed by atoms with van der Waals surface area (Å²) in [4.78, 5) is 24.1. The van der Waals surface area contributed by atoms with E-state index in [1.165, 1.54) is 0 Å². The van der Waals surface area contributed by atoms with Crippen LogP contribution >= 0.6 is 0 Å². The molecule has 0 aliphatic rings. The number of carbonyl (C=O) groups is 2. The van der Waals surface area contributed by atoms with Crippen molar-refractivity contribution < 1.29 is 33.3 Å². The fourth-order valence-corrected chi connectivity index (χ4v) is 3.31. The molecule has 0 amide bonds. The molecule has 3 aromatic rings. The van der Waals surface area contributed by atoms with E-state index in [1.54, 1.807) is 36.4 Å². The third-order valence-corrected chi connectivity index (χ3v) is 5.64. The van der Waals surface area contributed by atoms with Crippen LogP contribution in [0.1, 0.15) is 37.6 Å². The average Bonchev–Trinajstić information content (AvgIpc) is 2.93. The van der Waals surface area contributed by atoms with Crippen molar-refractivity contribution in [3.8, 4) is 28.4 Å². The van der Waals surface area contributed by atoms with Gasteiger partial charge < -0.3 is 23.7 Å². The van der Waals surface area contributed by atoms with Gasteiger partial charge in [0.2, 0.25) is 0 Å². The topological polar surface area (TPSA) is 80.3 Å². The maximum atomic E-state index is 12.5. The first kappa shape index (κ1) is 27.7. The van der Waals surface area contributed by atoms with Gasteiger partial charge in [0.1, 0.15) is 30.5 Å². The first-order chi connectivity index (χ1) is 18.0. The van der Waals surface area contributed by atoms with Gasteiger partial charge in [-0.2, -0.15) is 0 Å². The predicted molar refractivity (Wildman–Crippen MR) is 141 cm³/mol. The van der Waals surface area contributed by atoms with E-state index in [-0.39, 0.29) is 18.5 Å². The second-order valence-corrected chi connectivity index (χ2v) is 8.33. The second kappa shape index (κ2) is 14.7. The Morgan fingerprint density at radius 2 is 1.22 bits per heavy atom. The first-order valence-electron chi connectivity index (χ1n) is 12.5. The van der Waals surface area contributed by atoms with Gasteiger partial charge in [-0.25, -0.2) is 4.79 Å². The Bertz CT molecular complexity index is 1110. The van der Waals surface area contributed by atoms with Crippen molar-refractivity contribution in [3.63, 3.8) is 0 Å². The van der Waals surface area contributed by atoms with Crippen LogP contribution in [-0.4, -0.2) is 45.0 Å². The number of esters is 2. The number of ether oxygens (including phenoxy) is 5. The number of hydrogen-bond donors (Lipinski definition) is 0. The minimum Gasteiger partial charge on any atom is -0.494 e. The molecule has 37 heavy (non-hydrogen) atoms. The Morgan fingerprint density at radius 1 is 0.676 bits per heavy atom.